The van der Waals surface area contributed by atoms with Crippen LogP contribution in [0.5, 0.6) is 0 Å². The minimum Gasteiger partial charge on any atom is -1.00 e. The van der Waals surface area contributed by atoms with Gasteiger partial charge in [0.15, 0.2) is 6.61 Å². The molecule has 0 aromatic carbocycles. The van der Waals surface area contributed by atoms with Crippen LogP contribution in [0, 0.1) is 76.4 Å². The summed E-state index contributed by atoms with van der Waals surface area (Å²) in [5.74, 6) is 0.336. The van der Waals surface area contributed by atoms with Crippen LogP contribution >= 0.6 is 23.2 Å². The molecule has 4 saturated heterocycles. The maximum Gasteiger partial charge on any atom is 2.00 e. The molecular weight excluding hydrogens is 1210 g/mol. The average molecular weight is 1300 g/mol. The summed E-state index contributed by atoms with van der Waals surface area (Å²) in [4.78, 5) is 108. The number of hydrogen-bond acceptors (Lipinski definition) is 18. The van der Waals surface area contributed by atoms with Crippen LogP contribution < -0.4 is 47.1 Å². The van der Waals surface area contributed by atoms with Crippen molar-refractivity contribution in [1.29, 1.82) is 0 Å². The van der Waals surface area contributed by atoms with Crippen LogP contribution in [0.3, 0.4) is 0 Å². The van der Waals surface area contributed by atoms with E-state index in [-0.39, 0.29) is 171 Å². The van der Waals surface area contributed by atoms with E-state index in [4.69, 9.17) is 42.5 Å². The van der Waals surface area contributed by atoms with E-state index in [1.807, 2.05) is 41.5 Å². The van der Waals surface area contributed by atoms with Gasteiger partial charge in [0.2, 0.25) is 0 Å². The SMILES string of the molecule is C=C(C)C(=O)OCC(=O)OC.C=C(C)C(=O)[O-].CC1(C)CC2(CC3C=CC2C3)C(=O)O1.CC1(C)CC2(CC3CCC2C3)C(=O)O1.CC1(C)CC2(CC3CCC2C3)C(=O)O1.COC(=O)CCl.O=C(O)CCl.O=C1CC2(CC3C=CC2C3)C(=O)O1.[CH3-].[Cl-].[Mg+2].[Na+]. The number of methoxy groups -OCH3 is 2. The Morgan fingerprint density at radius 3 is 1.21 bits per heavy atom. The maximum absolute atomic E-state index is 12.0. The molecule has 12 rings (SSSR count). The van der Waals surface area contributed by atoms with Crippen molar-refractivity contribution in [3.05, 3.63) is 56.0 Å². The van der Waals surface area contributed by atoms with Crippen molar-refractivity contribution in [2.45, 2.75) is 175 Å². The van der Waals surface area contributed by atoms with Gasteiger partial charge in [-0.2, -0.15) is 0 Å². The summed E-state index contributed by atoms with van der Waals surface area (Å²) in [6, 6.07) is 0. The zero-order valence-electron chi connectivity index (χ0n) is 52.9. The van der Waals surface area contributed by atoms with Crippen molar-refractivity contribution in [3.63, 3.8) is 0 Å². The number of cyclic esters (lactones) is 5. The summed E-state index contributed by atoms with van der Waals surface area (Å²) in [7, 11) is 2.52. The predicted molar refractivity (Wildman–Crippen MR) is 312 cm³/mol. The zero-order chi connectivity index (χ0) is 62.3. The van der Waals surface area contributed by atoms with E-state index in [2.05, 4.69) is 56.4 Å². The van der Waals surface area contributed by atoms with Crippen LogP contribution in [0.2, 0.25) is 0 Å². The van der Waals surface area contributed by atoms with Gasteiger partial charge < -0.3 is 68.0 Å². The number of hydrogen-bond donors (Lipinski definition) is 1. The van der Waals surface area contributed by atoms with Crippen molar-refractivity contribution in [1.82, 2.24) is 0 Å². The number of carbonyl (C=O) groups is 10. The minimum atomic E-state index is -1.19. The Bertz CT molecular complexity index is 2540. The standard InChI is InChI=1S/2C12H18O2.C12H16O2.C10H10O3.C7H10O4.C4H6O2.C3H5ClO2.C2H3ClO2.CH3.ClH.Mg.Na/c3*1-11(2)7-12(10(13)14-11)6-8-3-4-9(12)5-8;11-8-5-10(9(12)13-8)4-6-1-2-7(10)3-6;1-5(2)7(9)11-4-6(8)10-3;1-3(2)4(5)6;1-6-3(5)2-4;3-1-2(4)5;;;;/h2*8-9H,3-7H2,1-2H3;3-4,8-9H,5-7H2,1-2H3;1-2,6-7H,3-5H2;1,4H2,2-3H3;1H2,2H3,(H,5,6);2H2,1H3;1H2,(H,4,5);1H3;1H;;/q;;;;;;;;-1;;+2;+1/p-2. The normalized spacial score (nSPS) is 32.9. The molecule has 0 aromatic heterocycles. The van der Waals surface area contributed by atoms with Gasteiger partial charge in [-0.3, -0.25) is 33.6 Å². The van der Waals surface area contributed by atoms with Crippen LogP contribution in [0.15, 0.2) is 48.6 Å². The number of carbonyl (C=O) groups excluding carboxylic acids is 9. The quantitative estimate of drug-likeness (QED) is 0.0585. The summed E-state index contributed by atoms with van der Waals surface area (Å²) < 4.78 is 33.9. The van der Waals surface area contributed by atoms with Gasteiger partial charge in [0, 0.05) is 24.8 Å². The first kappa shape index (κ1) is 81.5. The number of halogens is 3. The molecule has 4 spiro atoms. The zero-order valence-corrected chi connectivity index (χ0v) is 58.6. The Kier molecular flexibility index (Phi) is 31.1. The molecule has 10 fully saturated rings. The smallest absolute Gasteiger partial charge is 1.00 e. The van der Waals surface area contributed by atoms with Crippen LogP contribution in [0.25, 0.3) is 0 Å². The van der Waals surface area contributed by atoms with E-state index < -0.39 is 35.3 Å². The average Bonchev–Trinajstić information content (AvgIpc) is 1.74. The molecule has 8 aliphatic carbocycles. The molecule has 12 unspecified atom stereocenters. The first-order valence-electron chi connectivity index (χ1n) is 28.6. The molecule has 19 nitrogen and oxygen atoms in total. The third-order valence-electron chi connectivity index (χ3n) is 18.3. The summed E-state index contributed by atoms with van der Waals surface area (Å²) in [6.45, 7) is 21.2. The van der Waals surface area contributed by atoms with E-state index in [9.17, 15) is 53.1 Å². The molecule has 87 heavy (non-hydrogen) atoms. The molecule has 1 N–H and O–H groups in total. The van der Waals surface area contributed by atoms with Gasteiger partial charge in [-0.25, -0.2) is 9.59 Å². The minimum absolute atomic E-state index is 0. The second-order valence-electron chi connectivity index (χ2n) is 26.3. The van der Waals surface area contributed by atoms with Gasteiger partial charge >= 0.3 is 106 Å². The summed E-state index contributed by atoms with van der Waals surface area (Å²) in [6.07, 6.45) is 25.9. The van der Waals surface area contributed by atoms with E-state index in [0.717, 1.165) is 63.2 Å². The van der Waals surface area contributed by atoms with Crippen LogP contribution in [0.4, 0.5) is 0 Å². The Hall–Kier alpha value is -3.50. The first-order chi connectivity index (χ1) is 38.6. The van der Waals surface area contributed by atoms with Gasteiger partial charge in [0.05, 0.1) is 48.3 Å². The van der Waals surface area contributed by atoms with Gasteiger partial charge in [-0.05, 0) is 173 Å². The number of rotatable bonds is 6. The van der Waals surface area contributed by atoms with Crippen molar-refractivity contribution in [3.8, 4) is 0 Å². The molecule has 6 saturated carbocycles. The third-order valence-corrected chi connectivity index (χ3v) is 18.7. The Balaban J connectivity index is 0.000000506. The summed E-state index contributed by atoms with van der Waals surface area (Å²) in [5.41, 5.74) is -1.07. The fourth-order valence-corrected chi connectivity index (χ4v) is 15.3. The van der Waals surface area contributed by atoms with Gasteiger partial charge in [0.25, 0.3) is 0 Å². The Morgan fingerprint density at radius 2 is 0.989 bits per heavy atom. The van der Waals surface area contributed by atoms with E-state index in [1.54, 1.807) is 0 Å². The fraction of sp³-hybridized carbons (Fsp3) is 0.698. The fourth-order valence-electron chi connectivity index (χ4n) is 15.2. The summed E-state index contributed by atoms with van der Waals surface area (Å²) >= 11 is 9.71. The molecule has 4 heterocycles. The topological polar surface area (TPSA) is 279 Å². The number of esters is 8. The van der Waals surface area contributed by atoms with Gasteiger partial charge in [0.1, 0.15) is 28.6 Å². The second kappa shape index (κ2) is 33.2. The molecule has 8 bridgehead atoms. The molecule has 12 aliphatic rings. The number of fused-ring (bicyclic) bond motifs is 12. The van der Waals surface area contributed by atoms with E-state index in [0.29, 0.717) is 36.0 Å². The molecule has 478 valence electrons. The predicted octanol–water partition coefficient (Wildman–Crippen LogP) is 2.75. The molecule has 0 radical (unpaired) electrons. The molecule has 12 atom stereocenters. The maximum atomic E-state index is 12.0. The van der Waals surface area contributed by atoms with Crippen molar-refractivity contribution in [2.24, 2.45) is 69.0 Å². The monoisotopic (exact) mass is 1300 g/mol. The van der Waals surface area contributed by atoms with Gasteiger partial charge in [-0.1, -0.05) is 50.3 Å². The number of alkyl halides is 2. The molecule has 0 amide bonds. The number of carboxylic acids is 2. The number of ether oxygens (including phenoxy) is 7. The van der Waals surface area contributed by atoms with Crippen LogP contribution in [-0.4, -0.2) is 137 Å². The molecular formula is C63H88Cl3MgNaO19. The van der Waals surface area contributed by atoms with Crippen LogP contribution in [-0.2, 0) is 81.1 Å². The van der Waals surface area contributed by atoms with Crippen molar-refractivity contribution >= 4 is 106 Å². The van der Waals surface area contributed by atoms with E-state index >= 15 is 0 Å². The molecule has 4 aliphatic heterocycles. The summed E-state index contributed by atoms with van der Waals surface area (Å²) in [5, 5.41) is 17.1. The molecule has 24 heteroatoms. The number of carboxylic acid groups (broad SMARTS) is 2. The van der Waals surface area contributed by atoms with E-state index in [1.165, 1.54) is 73.0 Å². The van der Waals surface area contributed by atoms with Gasteiger partial charge in [-0.15, -0.1) is 23.2 Å². The Morgan fingerprint density at radius 1 is 0.609 bits per heavy atom. The van der Waals surface area contributed by atoms with Crippen molar-refractivity contribution in [2.75, 3.05) is 32.6 Å². The van der Waals surface area contributed by atoms with Crippen molar-refractivity contribution < 1.29 is 133 Å². The van der Waals surface area contributed by atoms with Crippen LogP contribution in [0.1, 0.15) is 158 Å². The second-order valence-corrected chi connectivity index (χ2v) is 26.9. The number of aliphatic carboxylic acids is 2. The third kappa shape index (κ3) is 20.0. The Labute approximate surface area is 567 Å². The first-order valence-corrected chi connectivity index (χ1v) is 29.6. The number of allylic oxidation sites excluding steroid dienone is 4. The largest absolute Gasteiger partial charge is 2.00 e. The molecule has 0 aromatic rings.